The molecule has 2 aromatic rings. The molecule has 0 bridgehead atoms. The fraction of sp³-hybridized carbons (Fsp3) is 0.579. The number of aromatic nitrogens is 2. The van der Waals surface area contributed by atoms with E-state index in [0.717, 1.165) is 55.7 Å². The molecule has 1 aromatic heterocycles. The van der Waals surface area contributed by atoms with Crippen LogP contribution in [0.1, 0.15) is 31.7 Å². The van der Waals surface area contributed by atoms with Crippen molar-refractivity contribution in [2.45, 2.75) is 45.3 Å². The number of aliphatic hydroxyl groups is 1. The molecule has 1 N–H and O–H groups in total. The number of ether oxygens (including phenoxy) is 1. The number of rotatable bonds is 3. The zero-order valence-electron chi connectivity index (χ0n) is 14.4. The van der Waals surface area contributed by atoms with Gasteiger partial charge < -0.3 is 14.7 Å². The zero-order valence-corrected chi connectivity index (χ0v) is 14.4. The summed E-state index contributed by atoms with van der Waals surface area (Å²) in [5.74, 6) is 1.02. The van der Waals surface area contributed by atoms with Crippen molar-refractivity contribution in [3.63, 3.8) is 0 Å². The molecular formula is C19H25N3O2. The van der Waals surface area contributed by atoms with E-state index in [1.54, 1.807) is 6.33 Å². The molecule has 1 saturated heterocycles. The number of nitrogens with zero attached hydrogens (tertiary/aromatic N) is 3. The third-order valence-electron chi connectivity index (χ3n) is 5.96. The van der Waals surface area contributed by atoms with Crippen molar-refractivity contribution in [3.8, 4) is 0 Å². The van der Waals surface area contributed by atoms with Crippen LogP contribution in [0, 0.1) is 12.3 Å². The number of piperidine rings is 1. The standard InChI is InChI=1S/C19H25N3O2/c1-3-24-16-11-15(23)19(16)7-9-22(10-8-19)18-17-13(2)5-4-6-14(17)20-12-21-18/h4-6,12,15-16,23H,3,7-11H2,1-2H3. The average molecular weight is 327 g/mol. The van der Waals surface area contributed by atoms with Gasteiger partial charge in [0.1, 0.15) is 12.1 Å². The van der Waals surface area contributed by atoms with Gasteiger partial charge in [-0.3, -0.25) is 0 Å². The summed E-state index contributed by atoms with van der Waals surface area (Å²) < 4.78 is 5.87. The van der Waals surface area contributed by atoms with Crippen LogP contribution >= 0.6 is 0 Å². The lowest BCUT2D eigenvalue weighted by molar-refractivity contribution is -0.199. The minimum atomic E-state index is -0.222. The van der Waals surface area contributed by atoms with E-state index in [1.165, 1.54) is 5.56 Å². The van der Waals surface area contributed by atoms with E-state index in [1.807, 2.05) is 19.1 Å². The van der Waals surface area contributed by atoms with Crippen LogP contribution in [-0.4, -0.2) is 47.0 Å². The first-order valence-corrected chi connectivity index (χ1v) is 8.90. The highest BCUT2D eigenvalue weighted by molar-refractivity contribution is 5.92. The Labute approximate surface area is 142 Å². The quantitative estimate of drug-likeness (QED) is 0.939. The Hall–Kier alpha value is -1.72. The maximum absolute atomic E-state index is 10.4. The summed E-state index contributed by atoms with van der Waals surface area (Å²) in [7, 11) is 0. The molecular weight excluding hydrogens is 302 g/mol. The summed E-state index contributed by atoms with van der Waals surface area (Å²) >= 11 is 0. The number of hydrogen-bond acceptors (Lipinski definition) is 5. The first-order chi connectivity index (χ1) is 11.7. The van der Waals surface area contributed by atoms with E-state index in [0.29, 0.717) is 0 Å². The van der Waals surface area contributed by atoms with E-state index in [2.05, 4.69) is 27.9 Å². The van der Waals surface area contributed by atoms with Crippen molar-refractivity contribution in [1.29, 1.82) is 0 Å². The van der Waals surface area contributed by atoms with Gasteiger partial charge in [-0.15, -0.1) is 0 Å². The Balaban J connectivity index is 1.59. The number of aliphatic hydroxyl groups excluding tert-OH is 1. The SMILES string of the molecule is CCOC1CC(O)C12CCN(c1ncnc3cccc(C)c13)CC2. The second-order valence-corrected chi connectivity index (χ2v) is 7.08. The number of hydrogen-bond donors (Lipinski definition) is 1. The predicted octanol–water partition coefficient (Wildman–Crippen LogP) is 2.69. The second-order valence-electron chi connectivity index (χ2n) is 7.08. The summed E-state index contributed by atoms with van der Waals surface area (Å²) in [4.78, 5) is 11.3. The van der Waals surface area contributed by atoms with Gasteiger partial charge in [-0.25, -0.2) is 9.97 Å². The van der Waals surface area contributed by atoms with Gasteiger partial charge in [-0.1, -0.05) is 12.1 Å². The van der Waals surface area contributed by atoms with E-state index >= 15 is 0 Å². The summed E-state index contributed by atoms with van der Waals surface area (Å²) in [6.45, 7) is 6.67. The van der Waals surface area contributed by atoms with E-state index < -0.39 is 0 Å². The molecule has 1 spiro atoms. The summed E-state index contributed by atoms with van der Waals surface area (Å²) in [5, 5.41) is 11.5. The smallest absolute Gasteiger partial charge is 0.140 e. The first-order valence-electron chi connectivity index (χ1n) is 8.90. The van der Waals surface area contributed by atoms with Gasteiger partial charge in [0.15, 0.2) is 0 Å². The summed E-state index contributed by atoms with van der Waals surface area (Å²) in [6, 6.07) is 6.19. The molecule has 2 fully saturated rings. The Morgan fingerprint density at radius 3 is 2.79 bits per heavy atom. The molecule has 2 heterocycles. The van der Waals surface area contributed by atoms with Crippen LogP contribution in [0.3, 0.4) is 0 Å². The van der Waals surface area contributed by atoms with E-state index in [9.17, 15) is 5.11 Å². The van der Waals surface area contributed by atoms with Gasteiger partial charge in [-0.05, 0) is 38.3 Å². The van der Waals surface area contributed by atoms with E-state index in [-0.39, 0.29) is 17.6 Å². The Morgan fingerprint density at radius 2 is 2.08 bits per heavy atom. The minimum Gasteiger partial charge on any atom is -0.392 e. The normalized spacial score (nSPS) is 25.9. The third kappa shape index (κ3) is 2.30. The molecule has 0 amide bonds. The monoisotopic (exact) mass is 327 g/mol. The molecule has 2 unspecified atom stereocenters. The lowest BCUT2D eigenvalue weighted by Gasteiger charge is -2.56. The average Bonchev–Trinajstić information content (AvgIpc) is 2.61. The van der Waals surface area contributed by atoms with Gasteiger partial charge in [0.25, 0.3) is 0 Å². The van der Waals surface area contributed by atoms with Gasteiger partial charge in [0.2, 0.25) is 0 Å². The number of fused-ring (bicyclic) bond motifs is 1. The first kappa shape index (κ1) is 15.8. The van der Waals surface area contributed by atoms with Gasteiger partial charge in [0, 0.05) is 36.9 Å². The summed E-state index contributed by atoms with van der Waals surface area (Å²) in [5.41, 5.74) is 2.15. The van der Waals surface area contributed by atoms with Gasteiger partial charge in [0.05, 0.1) is 17.7 Å². The summed E-state index contributed by atoms with van der Waals surface area (Å²) in [6.07, 6.45) is 4.34. The molecule has 2 aliphatic rings. The number of anilines is 1. The van der Waals surface area contributed by atoms with Crippen molar-refractivity contribution in [1.82, 2.24) is 9.97 Å². The number of aryl methyl sites for hydroxylation is 1. The van der Waals surface area contributed by atoms with Crippen LogP contribution in [0.15, 0.2) is 24.5 Å². The molecule has 128 valence electrons. The van der Waals surface area contributed by atoms with Crippen molar-refractivity contribution in [2.24, 2.45) is 5.41 Å². The van der Waals surface area contributed by atoms with Crippen molar-refractivity contribution < 1.29 is 9.84 Å². The fourth-order valence-corrected chi connectivity index (χ4v) is 4.45. The van der Waals surface area contributed by atoms with Gasteiger partial charge in [-0.2, -0.15) is 0 Å². The van der Waals surface area contributed by atoms with Crippen LogP contribution in [0.4, 0.5) is 5.82 Å². The maximum atomic E-state index is 10.4. The molecule has 24 heavy (non-hydrogen) atoms. The lowest BCUT2D eigenvalue weighted by Crippen LogP contribution is -2.62. The van der Waals surface area contributed by atoms with E-state index in [4.69, 9.17) is 4.74 Å². The van der Waals surface area contributed by atoms with Crippen LogP contribution < -0.4 is 4.90 Å². The molecule has 1 aromatic carbocycles. The molecule has 1 aliphatic heterocycles. The van der Waals surface area contributed by atoms with Crippen LogP contribution in [-0.2, 0) is 4.74 Å². The molecule has 1 saturated carbocycles. The molecule has 4 rings (SSSR count). The highest BCUT2D eigenvalue weighted by Gasteiger charge is 2.56. The Kier molecular flexibility index (Phi) is 3.93. The minimum absolute atomic E-state index is 0.0512. The highest BCUT2D eigenvalue weighted by Crippen LogP contribution is 2.51. The molecule has 1 aliphatic carbocycles. The fourth-order valence-electron chi connectivity index (χ4n) is 4.45. The maximum Gasteiger partial charge on any atom is 0.140 e. The Bertz CT molecular complexity index is 733. The van der Waals surface area contributed by atoms with Crippen LogP contribution in [0.25, 0.3) is 10.9 Å². The second kappa shape index (κ2) is 5.97. The zero-order chi connectivity index (χ0) is 16.7. The molecule has 5 heteroatoms. The third-order valence-corrected chi connectivity index (χ3v) is 5.96. The molecule has 2 atom stereocenters. The molecule has 5 nitrogen and oxygen atoms in total. The topological polar surface area (TPSA) is 58.5 Å². The largest absolute Gasteiger partial charge is 0.392 e. The number of benzene rings is 1. The lowest BCUT2D eigenvalue weighted by atomic mass is 9.58. The highest BCUT2D eigenvalue weighted by atomic mass is 16.5. The van der Waals surface area contributed by atoms with Gasteiger partial charge >= 0.3 is 0 Å². The van der Waals surface area contributed by atoms with Crippen molar-refractivity contribution in [2.75, 3.05) is 24.6 Å². The van der Waals surface area contributed by atoms with Crippen LogP contribution in [0.2, 0.25) is 0 Å². The van der Waals surface area contributed by atoms with Crippen molar-refractivity contribution >= 4 is 16.7 Å². The molecule has 0 radical (unpaired) electrons. The Morgan fingerprint density at radius 1 is 1.29 bits per heavy atom. The van der Waals surface area contributed by atoms with Crippen molar-refractivity contribution in [3.05, 3.63) is 30.1 Å². The predicted molar refractivity (Wildman–Crippen MR) is 94.2 cm³/mol. The van der Waals surface area contributed by atoms with Crippen LogP contribution in [0.5, 0.6) is 0 Å².